The van der Waals surface area contributed by atoms with Crippen molar-refractivity contribution in [2.75, 3.05) is 0 Å². The lowest BCUT2D eigenvalue weighted by molar-refractivity contribution is 0.662. The molecule has 15 rings (SSSR count). The van der Waals surface area contributed by atoms with Crippen molar-refractivity contribution in [1.82, 2.24) is 4.98 Å². The average molecular weight is 832 g/mol. The van der Waals surface area contributed by atoms with Gasteiger partial charge in [0.05, 0.1) is 16.6 Å². The maximum absolute atomic E-state index is 5.61. The van der Waals surface area contributed by atoms with Crippen LogP contribution in [0.4, 0.5) is 0 Å². The lowest BCUT2D eigenvalue weighted by Crippen LogP contribution is -2.27. The van der Waals surface area contributed by atoms with E-state index in [4.69, 9.17) is 4.98 Å². The second kappa shape index (κ2) is 12.3. The molecule has 5 aliphatic carbocycles. The number of pyridine rings is 1. The summed E-state index contributed by atoms with van der Waals surface area (Å²) in [5.74, 6) is 0.114. The van der Waals surface area contributed by atoms with E-state index >= 15 is 0 Å². The van der Waals surface area contributed by atoms with Crippen LogP contribution in [-0.4, -0.2) is 4.98 Å². The SMILES string of the molecule is CC1(C)c2ccccc2-c2ccc3c(c21)-c1c(sc2ccccc12)C3c1cccc(-c2nc3ccccc3c3c4c(ccc23)C2(C3=C(CCC=C3)c3ccccc32)c2ccccc2-4)c1. The highest BCUT2D eigenvalue weighted by molar-refractivity contribution is 7.20. The molecule has 2 aromatic heterocycles. The van der Waals surface area contributed by atoms with Gasteiger partial charge in [-0.2, -0.15) is 0 Å². The summed E-state index contributed by atoms with van der Waals surface area (Å²) in [7, 11) is 0. The molecule has 0 N–H and O–H groups in total. The third-order valence-electron chi connectivity index (χ3n) is 15.8. The molecule has 0 fully saturated rings. The van der Waals surface area contributed by atoms with Gasteiger partial charge in [0.15, 0.2) is 0 Å². The normalized spacial score (nSPS) is 18.9. The number of allylic oxidation sites excluding steroid dienone is 4. The highest BCUT2D eigenvalue weighted by Crippen LogP contribution is 2.66. The van der Waals surface area contributed by atoms with Gasteiger partial charge in [0.1, 0.15) is 0 Å². The predicted octanol–water partition coefficient (Wildman–Crippen LogP) is 16.2. The molecule has 5 aliphatic rings. The zero-order valence-electron chi connectivity index (χ0n) is 35.7. The Labute approximate surface area is 376 Å². The first-order valence-corrected chi connectivity index (χ1v) is 23.7. The molecule has 2 heteroatoms. The Kier molecular flexibility index (Phi) is 6.80. The molecule has 1 spiro atoms. The number of para-hydroxylation sites is 1. The zero-order chi connectivity index (χ0) is 42.1. The van der Waals surface area contributed by atoms with Crippen molar-refractivity contribution in [2.24, 2.45) is 0 Å². The topological polar surface area (TPSA) is 12.9 Å². The first-order valence-electron chi connectivity index (χ1n) is 22.9. The molecule has 2 atom stereocenters. The second-order valence-corrected chi connectivity index (χ2v) is 20.2. The minimum atomic E-state index is -0.360. The third kappa shape index (κ3) is 4.19. The summed E-state index contributed by atoms with van der Waals surface area (Å²) >= 11 is 1.98. The Balaban J connectivity index is 0.980. The van der Waals surface area contributed by atoms with Crippen LogP contribution < -0.4 is 0 Å². The maximum Gasteiger partial charge on any atom is 0.0788 e. The fraction of sp³-hybridized carbons (Fsp3) is 0.113. The van der Waals surface area contributed by atoms with Gasteiger partial charge in [0, 0.05) is 53.6 Å². The van der Waals surface area contributed by atoms with Crippen LogP contribution in [0.5, 0.6) is 0 Å². The Hall–Kier alpha value is -7.13. The summed E-state index contributed by atoms with van der Waals surface area (Å²) in [5, 5.41) is 5.08. The Morgan fingerprint density at radius 3 is 2.17 bits per heavy atom. The number of hydrogen-bond acceptors (Lipinski definition) is 2. The van der Waals surface area contributed by atoms with E-state index in [2.05, 4.69) is 196 Å². The van der Waals surface area contributed by atoms with Crippen LogP contribution in [-0.2, 0) is 10.8 Å². The molecule has 1 nitrogen and oxygen atoms in total. The smallest absolute Gasteiger partial charge is 0.0788 e. The van der Waals surface area contributed by atoms with Crippen molar-refractivity contribution in [3.63, 3.8) is 0 Å². The summed E-state index contributed by atoms with van der Waals surface area (Å²) in [6.45, 7) is 4.86. The van der Waals surface area contributed by atoms with Gasteiger partial charge >= 0.3 is 0 Å². The van der Waals surface area contributed by atoms with E-state index in [1.807, 2.05) is 11.3 Å². The quantitative estimate of drug-likeness (QED) is 0.158. The Morgan fingerprint density at radius 1 is 0.562 bits per heavy atom. The van der Waals surface area contributed by atoms with Gasteiger partial charge in [-0.15, -0.1) is 11.3 Å². The molecule has 0 bridgehead atoms. The maximum atomic E-state index is 5.61. The van der Waals surface area contributed by atoms with Gasteiger partial charge in [-0.05, 0) is 115 Å². The number of thiophene rings is 1. The highest BCUT2D eigenvalue weighted by Gasteiger charge is 2.53. The van der Waals surface area contributed by atoms with E-state index in [1.165, 1.54) is 120 Å². The molecule has 2 heterocycles. The number of fused-ring (bicyclic) bond motifs is 22. The molecule has 300 valence electrons. The summed E-state index contributed by atoms with van der Waals surface area (Å²) in [5.41, 5.74) is 25.3. The van der Waals surface area contributed by atoms with Gasteiger partial charge < -0.3 is 0 Å². The Morgan fingerprint density at radius 2 is 1.30 bits per heavy atom. The van der Waals surface area contributed by atoms with Crippen LogP contribution in [0.15, 0.2) is 188 Å². The fourth-order valence-corrected chi connectivity index (χ4v) is 14.7. The molecule has 0 saturated carbocycles. The summed E-state index contributed by atoms with van der Waals surface area (Å²) in [6, 6.07) is 64.6. The molecular formula is C62H41NS. The van der Waals surface area contributed by atoms with Crippen molar-refractivity contribution < 1.29 is 0 Å². The fourth-order valence-electron chi connectivity index (χ4n) is 13.4. The summed E-state index contributed by atoms with van der Waals surface area (Å²) in [6.07, 6.45) is 7.01. The van der Waals surface area contributed by atoms with E-state index in [9.17, 15) is 0 Å². The molecule has 64 heavy (non-hydrogen) atoms. The van der Waals surface area contributed by atoms with E-state index in [1.54, 1.807) is 0 Å². The standard InChI is InChI=1S/C62H41NS/c1-61(2)46-24-9-3-20-39(46)40-30-31-44-53(60-57(56(44)58(40)61)43-23-8-14-29-52(43)64-60)35-16-15-17-36(34-35)59-45-32-33-50-55(54(45)42-22-7-13-28-51(42)63-59)41-21-6-12-27-49(41)62(50)47-25-10-4-18-37(47)38-19-5-11-26-48(38)62/h3-4,6-18,20-34,53H,5,19H2,1-2H3. The number of benzene rings is 8. The first-order chi connectivity index (χ1) is 31.5. The van der Waals surface area contributed by atoms with E-state index < -0.39 is 0 Å². The second-order valence-electron chi connectivity index (χ2n) is 19.1. The lowest BCUT2D eigenvalue weighted by atomic mass is 9.69. The van der Waals surface area contributed by atoms with E-state index in [0.717, 1.165) is 29.6 Å². The Bertz CT molecular complexity index is 3830. The average Bonchev–Trinajstić information content (AvgIpc) is 4.10. The van der Waals surface area contributed by atoms with Crippen LogP contribution >= 0.6 is 11.3 Å². The van der Waals surface area contributed by atoms with Crippen molar-refractivity contribution in [2.45, 2.75) is 43.4 Å². The number of aromatic nitrogens is 1. The van der Waals surface area contributed by atoms with Crippen LogP contribution in [0.3, 0.4) is 0 Å². The number of hydrogen-bond donors (Lipinski definition) is 0. The van der Waals surface area contributed by atoms with Gasteiger partial charge in [-0.1, -0.05) is 178 Å². The summed E-state index contributed by atoms with van der Waals surface area (Å²) < 4.78 is 1.36. The van der Waals surface area contributed by atoms with Gasteiger partial charge in [-0.3, -0.25) is 0 Å². The molecule has 8 aromatic carbocycles. The lowest BCUT2D eigenvalue weighted by Gasteiger charge is -2.32. The monoisotopic (exact) mass is 831 g/mol. The van der Waals surface area contributed by atoms with E-state index in [-0.39, 0.29) is 16.7 Å². The number of rotatable bonds is 2. The molecule has 0 aliphatic heterocycles. The molecule has 0 amide bonds. The minimum Gasteiger partial charge on any atom is -0.247 e. The highest BCUT2D eigenvalue weighted by atomic mass is 32.1. The first kappa shape index (κ1) is 35.3. The third-order valence-corrected chi connectivity index (χ3v) is 17.0. The van der Waals surface area contributed by atoms with Crippen LogP contribution in [0, 0.1) is 0 Å². The van der Waals surface area contributed by atoms with E-state index in [0.29, 0.717) is 0 Å². The van der Waals surface area contributed by atoms with Crippen molar-refractivity contribution in [1.29, 1.82) is 0 Å². The zero-order valence-corrected chi connectivity index (χ0v) is 36.5. The van der Waals surface area contributed by atoms with Crippen LogP contribution in [0.25, 0.3) is 82.0 Å². The van der Waals surface area contributed by atoms with Crippen LogP contribution in [0.2, 0.25) is 0 Å². The molecular weight excluding hydrogens is 791 g/mol. The number of nitrogens with zero attached hydrogens (tertiary/aromatic N) is 1. The molecule has 0 saturated heterocycles. The van der Waals surface area contributed by atoms with Crippen molar-refractivity contribution >= 4 is 48.7 Å². The largest absolute Gasteiger partial charge is 0.247 e. The summed E-state index contributed by atoms with van der Waals surface area (Å²) in [4.78, 5) is 7.06. The minimum absolute atomic E-state index is 0.114. The molecule has 0 radical (unpaired) electrons. The molecule has 2 unspecified atom stereocenters. The van der Waals surface area contributed by atoms with Crippen molar-refractivity contribution in [3.05, 3.63) is 237 Å². The van der Waals surface area contributed by atoms with Gasteiger partial charge in [0.2, 0.25) is 0 Å². The van der Waals surface area contributed by atoms with Gasteiger partial charge in [-0.25, -0.2) is 4.98 Å². The molecule has 10 aromatic rings. The van der Waals surface area contributed by atoms with Crippen molar-refractivity contribution in [3.8, 4) is 44.6 Å². The van der Waals surface area contributed by atoms with Gasteiger partial charge in [0.25, 0.3) is 0 Å². The van der Waals surface area contributed by atoms with Crippen LogP contribution in [0.1, 0.15) is 82.0 Å². The predicted molar refractivity (Wildman–Crippen MR) is 268 cm³/mol.